The first kappa shape index (κ1) is 27.0. The van der Waals surface area contributed by atoms with Gasteiger partial charge >= 0.3 is 0 Å². The lowest BCUT2D eigenvalue weighted by molar-refractivity contribution is 0.0585. The van der Waals surface area contributed by atoms with Crippen molar-refractivity contribution in [3.63, 3.8) is 0 Å². The van der Waals surface area contributed by atoms with Crippen molar-refractivity contribution in [3.8, 4) is 0 Å². The molecule has 1 aromatic heterocycles. The largest absolute Gasteiger partial charge is 0.390 e. The third kappa shape index (κ3) is 7.47. The molecule has 1 amide bonds. The molecule has 1 heterocycles. The van der Waals surface area contributed by atoms with Gasteiger partial charge in [-0.2, -0.15) is 4.31 Å². The Morgan fingerprint density at radius 3 is 2.19 bits per heavy atom. The van der Waals surface area contributed by atoms with Gasteiger partial charge in [0, 0.05) is 44.1 Å². The van der Waals surface area contributed by atoms with E-state index in [2.05, 4.69) is 4.98 Å². The van der Waals surface area contributed by atoms with Crippen molar-refractivity contribution in [3.05, 3.63) is 96.3 Å². The van der Waals surface area contributed by atoms with Crippen molar-refractivity contribution in [1.82, 2.24) is 14.2 Å². The summed E-state index contributed by atoms with van der Waals surface area (Å²) in [4.78, 5) is 19.1. The van der Waals surface area contributed by atoms with E-state index in [4.69, 9.17) is 0 Å². The summed E-state index contributed by atoms with van der Waals surface area (Å²) >= 11 is 0. The molecule has 0 spiro atoms. The molecule has 2 aromatic carbocycles. The maximum absolute atomic E-state index is 13.5. The van der Waals surface area contributed by atoms with Gasteiger partial charge in [-0.15, -0.1) is 0 Å². The van der Waals surface area contributed by atoms with Crippen LogP contribution >= 0.6 is 0 Å². The van der Waals surface area contributed by atoms with Crippen LogP contribution in [0, 0.1) is 5.92 Å². The molecule has 37 heavy (non-hydrogen) atoms. The number of aliphatic hydroxyl groups excluding tert-OH is 1. The van der Waals surface area contributed by atoms with Crippen molar-refractivity contribution < 1.29 is 18.3 Å². The minimum Gasteiger partial charge on any atom is -0.390 e. The summed E-state index contributed by atoms with van der Waals surface area (Å²) in [5, 5.41) is 11.2. The Morgan fingerprint density at radius 1 is 0.919 bits per heavy atom. The third-order valence-corrected chi connectivity index (χ3v) is 8.74. The first-order valence-electron chi connectivity index (χ1n) is 12.9. The second-order valence-corrected chi connectivity index (χ2v) is 11.6. The Hall–Kier alpha value is -3.07. The number of pyridine rings is 1. The van der Waals surface area contributed by atoms with Gasteiger partial charge in [0.25, 0.3) is 5.91 Å². The predicted molar refractivity (Wildman–Crippen MR) is 143 cm³/mol. The van der Waals surface area contributed by atoms with E-state index in [0.717, 1.165) is 31.2 Å². The number of amides is 1. The molecular weight excluding hydrogens is 486 g/mol. The predicted octanol–water partition coefficient (Wildman–Crippen LogP) is 4.01. The molecule has 1 N–H and O–H groups in total. The number of nitrogens with zero attached hydrogens (tertiary/aromatic N) is 3. The molecule has 0 saturated heterocycles. The van der Waals surface area contributed by atoms with Crippen LogP contribution in [0.3, 0.4) is 0 Å². The lowest BCUT2D eigenvalue weighted by Gasteiger charge is -2.30. The van der Waals surface area contributed by atoms with Crippen LogP contribution in [0.1, 0.15) is 41.6 Å². The summed E-state index contributed by atoms with van der Waals surface area (Å²) < 4.78 is 28.4. The van der Waals surface area contributed by atoms with E-state index < -0.39 is 16.1 Å². The van der Waals surface area contributed by atoms with Gasteiger partial charge < -0.3 is 10.0 Å². The Morgan fingerprint density at radius 2 is 1.54 bits per heavy atom. The smallest absolute Gasteiger partial charge is 0.253 e. The van der Waals surface area contributed by atoms with Gasteiger partial charge in [-0.1, -0.05) is 61.4 Å². The highest BCUT2D eigenvalue weighted by Crippen LogP contribution is 2.28. The highest BCUT2D eigenvalue weighted by Gasteiger charge is 2.31. The van der Waals surface area contributed by atoms with E-state index in [-0.39, 0.29) is 29.8 Å². The highest BCUT2D eigenvalue weighted by molar-refractivity contribution is 7.89. The molecule has 0 bridgehead atoms. The van der Waals surface area contributed by atoms with E-state index >= 15 is 0 Å². The second kappa shape index (κ2) is 12.9. The normalized spacial score (nSPS) is 15.1. The summed E-state index contributed by atoms with van der Waals surface area (Å²) in [6.07, 6.45) is 6.66. The SMILES string of the molecule is O=C(c1ccccc1)N(CCc1ccccc1)C[C@H](O)CN(CC1CCCC1)S(=O)(=O)c1ccncc1. The lowest BCUT2D eigenvalue weighted by atomic mass is 10.1. The quantitative estimate of drug-likeness (QED) is 0.389. The number of aliphatic hydroxyl groups is 1. The number of carbonyl (C=O) groups excluding carboxylic acids is 1. The van der Waals surface area contributed by atoms with Crippen molar-refractivity contribution in [2.45, 2.75) is 43.1 Å². The molecule has 4 rings (SSSR count). The number of sulfonamides is 1. The molecule has 1 atom stereocenters. The van der Waals surface area contributed by atoms with Gasteiger partial charge in [-0.25, -0.2) is 8.42 Å². The van der Waals surface area contributed by atoms with Crippen LogP contribution < -0.4 is 0 Å². The molecule has 0 aliphatic heterocycles. The number of benzene rings is 2. The van der Waals surface area contributed by atoms with Crippen molar-refractivity contribution in [2.75, 3.05) is 26.2 Å². The van der Waals surface area contributed by atoms with Crippen LogP contribution in [0.25, 0.3) is 0 Å². The highest BCUT2D eigenvalue weighted by atomic mass is 32.2. The number of rotatable bonds is 12. The minimum absolute atomic E-state index is 0.0353. The van der Waals surface area contributed by atoms with Crippen LogP contribution in [0.2, 0.25) is 0 Å². The first-order valence-corrected chi connectivity index (χ1v) is 14.3. The van der Waals surface area contributed by atoms with Crippen LogP contribution in [0.5, 0.6) is 0 Å². The second-order valence-electron chi connectivity index (χ2n) is 9.66. The molecule has 3 aromatic rings. The maximum atomic E-state index is 13.5. The monoisotopic (exact) mass is 521 g/mol. The maximum Gasteiger partial charge on any atom is 0.253 e. The Labute approximate surface area is 219 Å². The van der Waals surface area contributed by atoms with Gasteiger partial charge in [-0.3, -0.25) is 9.78 Å². The number of carbonyl (C=O) groups is 1. The fourth-order valence-electron chi connectivity index (χ4n) is 4.91. The zero-order chi connectivity index (χ0) is 26.1. The third-order valence-electron chi connectivity index (χ3n) is 6.89. The van der Waals surface area contributed by atoms with Crippen molar-refractivity contribution in [1.29, 1.82) is 0 Å². The molecule has 7 nitrogen and oxygen atoms in total. The molecule has 1 saturated carbocycles. The average molecular weight is 522 g/mol. The van der Waals surface area contributed by atoms with Crippen LogP contribution in [-0.4, -0.2) is 65.9 Å². The molecular formula is C29H35N3O4S. The molecule has 1 fully saturated rings. The summed E-state index contributed by atoms with van der Waals surface area (Å²) in [5.41, 5.74) is 1.63. The van der Waals surface area contributed by atoms with Crippen LogP contribution in [0.4, 0.5) is 0 Å². The van der Waals surface area contributed by atoms with E-state index in [0.29, 0.717) is 25.1 Å². The zero-order valence-corrected chi connectivity index (χ0v) is 21.8. The summed E-state index contributed by atoms with van der Waals surface area (Å²) in [5.74, 6) is 0.0823. The molecule has 1 aliphatic carbocycles. The number of hydrogen-bond donors (Lipinski definition) is 1. The lowest BCUT2D eigenvalue weighted by Crippen LogP contribution is -2.46. The van der Waals surface area contributed by atoms with E-state index in [9.17, 15) is 18.3 Å². The van der Waals surface area contributed by atoms with Gasteiger partial charge in [-0.05, 0) is 55.0 Å². The van der Waals surface area contributed by atoms with Crippen molar-refractivity contribution in [2.24, 2.45) is 5.92 Å². The molecule has 0 unspecified atom stereocenters. The Bertz CT molecular complexity index is 1220. The molecule has 196 valence electrons. The molecule has 1 aliphatic rings. The minimum atomic E-state index is -3.82. The topological polar surface area (TPSA) is 90.8 Å². The van der Waals surface area contributed by atoms with Crippen LogP contribution in [0.15, 0.2) is 90.1 Å². The Balaban J connectivity index is 1.51. The number of aromatic nitrogens is 1. The average Bonchev–Trinajstić information content (AvgIpc) is 3.45. The zero-order valence-electron chi connectivity index (χ0n) is 21.0. The number of hydrogen-bond acceptors (Lipinski definition) is 5. The van der Waals surface area contributed by atoms with Gasteiger partial charge in [0.1, 0.15) is 0 Å². The van der Waals surface area contributed by atoms with Gasteiger partial charge in [0.05, 0.1) is 11.0 Å². The summed E-state index contributed by atoms with van der Waals surface area (Å²) in [6.45, 7) is 0.728. The van der Waals surface area contributed by atoms with E-state index in [1.54, 1.807) is 17.0 Å². The van der Waals surface area contributed by atoms with Gasteiger partial charge in [0.2, 0.25) is 10.0 Å². The first-order chi connectivity index (χ1) is 17.9. The van der Waals surface area contributed by atoms with E-state index in [1.165, 1.54) is 28.8 Å². The summed E-state index contributed by atoms with van der Waals surface area (Å²) in [7, 11) is -3.82. The standard InChI is InChI=1S/C29H35N3O4S/c33-27(23-32(21-25-11-7-8-12-25)37(35,36)28-15-18-30-19-16-28)22-31(20-17-24-9-3-1-4-10-24)29(34)26-13-5-2-6-14-26/h1-6,9-10,13-16,18-19,25,27,33H,7-8,11-12,17,20-23H2/t27-/m0/s1. The molecule has 0 radical (unpaired) electrons. The Kier molecular flexibility index (Phi) is 9.44. The summed E-state index contributed by atoms with van der Waals surface area (Å²) in [6, 6.07) is 21.8. The molecule has 8 heteroatoms. The fraction of sp³-hybridized carbons (Fsp3) is 0.379. The fourth-order valence-corrected chi connectivity index (χ4v) is 6.45. The van der Waals surface area contributed by atoms with Crippen LogP contribution in [-0.2, 0) is 16.4 Å². The van der Waals surface area contributed by atoms with Crippen molar-refractivity contribution >= 4 is 15.9 Å². The van der Waals surface area contributed by atoms with E-state index in [1.807, 2.05) is 48.5 Å². The van der Waals surface area contributed by atoms with Gasteiger partial charge in [0.15, 0.2) is 0 Å².